The van der Waals surface area contributed by atoms with E-state index in [-0.39, 0.29) is 40.9 Å². The molecule has 0 spiro atoms. The number of rotatable bonds is 5. The third-order valence-corrected chi connectivity index (χ3v) is 5.28. The second kappa shape index (κ2) is 9.07. The van der Waals surface area contributed by atoms with Crippen molar-refractivity contribution in [3.05, 3.63) is 87.6 Å². The van der Waals surface area contributed by atoms with E-state index in [1.807, 2.05) is 0 Å². The molecule has 6 nitrogen and oxygen atoms in total. The quantitative estimate of drug-likeness (QED) is 0.558. The third-order valence-electron chi connectivity index (χ3n) is 4.93. The molecule has 4 rings (SSSR count). The van der Waals surface area contributed by atoms with Gasteiger partial charge in [0.1, 0.15) is 29.0 Å². The van der Waals surface area contributed by atoms with Crippen LogP contribution in [-0.4, -0.2) is 23.4 Å². The lowest BCUT2D eigenvalue weighted by Crippen LogP contribution is -2.39. The van der Waals surface area contributed by atoms with Crippen LogP contribution in [0.2, 0.25) is 5.02 Å². The van der Waals surface area contributed by atoms with Crippen LogP contribution < -0.4 is 15.0 Å². The highest BCUT2D eigenvalue weighted by Crippen LogP contribution is 2.33. The lowest BCUT2D eigenvalue weighted by molar-refractivity contribution is -0.121. The first-order valence-electron chi connectivity index (χ1n) is 9.52. The molecule has 1 aliphatic heterocycles. The van der Waals surface area contributed by atoms with Crippen molar-refractivity contribution in [3.63, 3.8) is 0 Å². The van der Waals surface area contributed by atoms with Crippen molar-refractivity contribution in [2.24, 2.45) is 0 Å². The Balaban J connectivity index is 1.59. The fourth-order valence-corrected chi connectivity index (χ4v) is 3.46. The molecule has 2 heterocycles. The number of benzene rings is 2. The molecule has 0 unspecified atom stereocenters. The molecule has 0 radical (unpaired) electrons. The summed E-state index contributed by atoms with van der Waals surface area (Å²) in [4.78, 5) is 30.2. The summed E-state index contributed by atoms with van der Waals surface area (Å²) in [5.74, 6) is -5.25. The van der Waals surface area contributed by atoms with E-state index >= 15 is 0 Å². The number of amides is 2. The highest BCUT2D eigenvalue weighted by Gasteiger charge is 2.29. The van der Waals surface area contributed by atoms with Crippen LogP contribution in [0.5, 0.6) is 5.88 Å². The van der Waals surface area contributed by atoms with Gasteiger partial charge in [-0.25, -0.2) is 22.5 Å². The minimum absolute atomic E-state index is 0.0363. The van der Waals surface area contributed by atoms with E-state index in [4.69, 9.17) is 16.3 Å². The Hall–Kier alpha value is -3.66. The van der Waals surface area contributed by atoms with Gasteiger partial charge in [0.15, 0.2) is 6.61 Å². The zero-order valence-corrected chi connectivity index (χ0v) is 17.4. The summed E-state index contributed by atoms with van der Waals surface area (Å²) in [6.45, 7) is -1.14. The van der Waals surface area contributed by atoms with Crippen molar-refractivity contribution in [2.45, 2.75) is 13.1 Å². The zero-order valence-electron chi connectivity index (χ0n) is 16.7. The largest absolute Gasteiger partial charge is 0.466 e. The van der Waals surface area contributed by atoms with Crippen molar-refractivity contribution >= 4 is 29.1 Å². The Kier molecular flexibility index (Phi) is 6.19. The number of halogens is 5. The van der Waals surface area contributed by atoms with Gasteiger partial charge in [0, 0.05) is 41.0 Å². The second-order valence-corrected chi connectivity index (χ2v) is 7.45. The van der Waals surface area contributed by atoms with Gasteiger partial charge >= 0.3 is 0 Å². The van der Waals surface area contributed by atoms with Crippen LogP contribution in [0.15, 0.2) is 42.6 Å². The third kappa shape index (κ3) is 4.61. The van der Waals surface area contributed by atoms with Gasteiger partial charge in [-0.3, -0.25) is 14.5 Å². The molecule has 0 saturated heterocycles. The fraction of sp³-hybridized carbons (Fsp3) is 0.136. The van der Waals surface area contributed by atoms with Gasteiger partial charge in [0.2, 0.25) is 5.88 Å². The van der Waals surface area contributed by atoms with Gasteiger partial charge < -0.3 is 10.1 Å². The smallest absolute Gasteiger partial charge is 0.265 e. The molecule has 1 aliphatic rings. The second-order valence-electron chi connectivity index (χ2n) is 7.05. The molecule has 1 N–H and O–H groups in total. The number of carbonyl (C=O) groups excluding carboxylic acids is 2. The highest BCUT2D eigenvalue weighted by atomic mass is 35.5. The summed E-state index contributed by atoms with van der Waals surface area (Å²) < 4.78 is 60.2. The van der Waals surface area contributed by atoms with Crippen LogP contribution in [0.4, 0.5) is 23.2 Å². The van der Waals surface area contributed by atoms with Crippen molar-refractivity contribution in [1.29, 1.82) is 0 Å². The maximum atomic E-state index is 14.2. The van der Waals surface area contributed by atoms with Crippen molar-refractivity contribution in [3.8, 4) is 5.88 Å². The molecule has 170 valence electrons. The van der Waals surface area contributed by atoms with Gasteiger partial charge in [-0.15, -0.1) is 0 Å². The topological polar surface area (TPSA) is 71.5 Å². The number of hydrogen-bond acceptors (Lipinski definition) is 4. The van der Waals surface area contributed by atoms with E-state index in [1.165, 1.54) is 29.2 Å². The standard InChI is InChI=1S/C22H14ClF4N3O3/c23-15-2-1-3-16(25)14(15)9-30-19-4-11(7-29-22(19)33-10-20(30)31)21(32)28-8-13-17(26)5-12(24)6-18(13)27/h1-7H,8-10H2,(H,28,32). The summed E-state index contributed by atoms with van der Waals surface area (Å²) in [5, 5.41) is 2.42. The fourth-order valence-electron chi connectivity index (χ4n) is 3.24. The minimum atomic E-state index is -1.15. The Labute approximate surface area is 189 Å². The first-order chi connectivity index (χ1) is 15.7. The van der Waals surface area contributed by atoms with E-state index in [2.05, 4.69) is 10.3 Å². The number of ether oxygens (including phenoxy) is 1. The van der Waals surface area contributed by atoms with E-state index in [9.17, 15) is 27.2 Å². The van der Waals surface area contributed by atoms with Crippen LogP contribution in [-0.2, 0) is 17.9 Å². The Morgan fingerprint density at radius 3 is 2.52 bits per heavy atom. The molecule has 2 aromatic carbocycles. The zero-order chi connectivity index (χ0) is 23.7. The summed E-state index contributed by atoms with van der Waals surface area (Å²) in [5.41, 5.74) is -0.417. The lowest BCUT2D eigenvalue weighted by Gasteiger charge is -2.29. The van der Waals surface area contributed by atoms with E-state index in [0.717, 1.165) is 6.20 Å². The van der Waals surface area contributed by atoms with E-state index in [0.29, 0.717) is 12.1 Å². The van der Waals surface area contributed by atoms with Gasteiger partial charge in [-0.1, -0.05) is 17.7 Å². The average Bonchev–Trinajstić information content (AvgIpc) is 2.76. The molecule has 3 aromatic rings. The molecular formula is C22H14ClF4N3O3. The molecule has 0 fully saturated rings. The number of pyridine rings is 1. The number of nitrogens with zero attached hydrogens (tertiary/aromatic N) is 2. The Morgan fingerprint density at radius 1 is 1.09 bits per heavy atom. The van der Waals surface area contributed by atoms with E-state index in [1.54, 1.807) is 0 Å². The van der Waals surface area contributed by atoms with Crippen LogP contribution in [0.25, 0.3) is 0 Å². The molecule has 0 aliphatic carbocycles. The molecular weight excluding hydrogens is 466 g/mol. The molecule has 33 heavy (non-hydrogen) atoms. The first kappa shape index (κ1) is 22.5. The van der Waals surface area contributed by atoms with Gasteiger partial charge in [0.05, 0.1) is 12.1 Å². The predicted molar refractivity (Wildman–Crippen MR) is 110 cm³/mol. The van der Waals surface area contributed by atoms with Gasteiger partial charge in [-0.05, 0) is 18.2 Å². The van der Waals surface area contributed by atoms with Crippen LogP contribution in [0.3, 0.4) is 0 Å². The monoisotopic (exact) mass is 479 g/mol. The predicted octanol–water partition coefficient (Wildman–Crippen LogP) is 4.15. The van der Waals surface area contributed by atoms with Gasteiger partial charge in [-0.2, -0.15) is 0 Å². The molecule has 11 heteroatoms. The average molecular weight is 480 g/mol. The Morgan fingerprint density at radius 2 is 1.82 bits per heavy atom. The van der Waals surface area contributed by atoms with Crippen molar-refractivity contribution in [1.82, 2.24) is 10.3 Å². The normalized spacial score (nSPS) is 12.9. The summed E-state index contributed by atoms with van der Waals surface area (Å²) in [7, 11) is 0. The minimum Gasteiger partial charge on any atom is -0.466 e. The Bertz CT molecular complexity index is 1230. The SMILES string of the molecule is O=C(NCc1c(F)cc(F)cc1F)c1cnc2c(c1)N(Cc1c(F)cccc1Cl)C(=O)CO2. The maximum Gasteiger partial charge on any atom is 0.265 e. The number of hydrogen-bond donors (Lipinski definition) is 1. The summed E-state index contributed by atoms with van der Waals surface area (Å²) >= 11 is 6.07. The number of anilines is 1. The number of fused-ring (bicyclic) bond motifs is 1. The van der Waals surface area contributed by atoms with Crippen LogP contribution in [0.1, 0.15) is 21.5 Å². The van der Waals surface area contributed by atoms with E-state index < -0.39 is 47.2 Å². The number of carbonyl (C=O) groups is 2. The number of nitrogens with one attached hydrogen (secondary N) is 1. The molecule has 0 bridgehead atoms. The maximum absolute atomic E-state index is 14.2. The van der Waals surface area contributed by atoms with Gasteiger partial charge in [0.25, 0.3) is 11.8 Å². The summed E-state index contributed by atoms with van der Waals surface area (Å²) in [6, 6.07) is 6.37. The van der Waals surface area contributed by atoms with Crippen LogP contribution >= 0.6 is 11.6 Å². The van der Waals surface area contributed by atoms with Crippen LogP contribution in [0, 0.1) is 23.3 Å². The lowest BCUT2D eigenvalue weighted by atomic mass is 10.1. The van der Waals surface area contributed by atoms with Crippen molar-refractivity contribution < 1.29 is 31.9 Å². The highest BCUT2D eigenvalue weighted by molar-refractivity contribution is 6.31. The van der Waals surface area contributed by atoms with Crippen molar-refractivity contribution in [2.75, 3.05) is 11.5 Å². The molecule has 0 saturated carbocycles. The molecule has 1 aromatic heterocycles. The molecule has 2 amide bonds. The molecule has 0 atom stereocenters. The number of aromatic nitrogens is 1. The summed E-state index contributed by atoms with van der Waals surface area (Å²) in [6.07, 6.45) is 1.15. The first-order valence-corrected chi connectivity index (χ1v) is 9.90.